The van der Waals surface area contributed by atoms with Gasteiger partial charge in [-0.05, 0) is 23.7 Å². The number of hydrogen-bond donors (Lipinski definition) is 1. The highest BCUT2D eigenvalue weighted by molar-refractivity contribution is 6.28. The normalized spacial score (nSPS) is 10.8. The van der Waals surface area contributed by atoms with E-state index in [1.807, 2.05) is 36.2 Å². The molecule has 2 heterocycles. The number of aromatic amines is 1. The molecule has 0 fully saturated rings. The lowest BCUT2D eigenvalue weighted by atomic mass is 10.2. The van der Waals surface area contributed by atoms with Gasteiger partial charge in [0.1, 0.15) is 11.6 Å². The fourth-order valence-corrected chi connectivity index (χ4v) is 2.15. The summed E-state index contributed by atoms with van der Waals surface area (Å²) in [6, 6.07) is 7.68. The second kappa shape index (κ2) is 4.97. The van der Waals surface area contributed by atoms with E-state index in [1.165, 1.54) is 0 Å². The van der Waals surface area contributed by atoms with E-state index in [1.54, 1.807) is 13.3 Å². The molecule has 3 rings (SSSR count). The fraction of sp³-hybridized carbons (Fsp3) is 0.154. The van der Waals surface area contributed by atoms with Crippen LogP contribution >= 0.6 is 11.6 Å². The molecule has 0 aliphatic carbocycles. The Balaban J connectivity index is 2.11. The Hall–Kier alpha value is -2.34. The van der Waals surface area contributed by atoms with Gasteiger partial charge >= 0.3 is 0 Å². The number of nitrogens with one attached hydrogen (secondary N) is 1. The summed E-state index contributed by atoms with van der Waals surface area (Å²) in [5.74, 6) is 1.46. The minimum atomic E-state index is 0.173. The van der Waals surface area contributed by atoms with E-state index in [2.05, 4.69) is 20.2 Å². The summed E-state index contributed by atoms with van der Waals surface area (Å²) in [4.78, 5) is 10.3. The molecule has 0 radical (unpaired) electrons. The molecular formula is C13H12ClN5O. The van der Waals surface area contributed by atoms with Crippen molar-refractivity contribution in [1.82, 2.24) is 20.2 Å². The fourth-order valence-electron chi connectivity index (χ4n) is 1.99. The maximum atomic E-state index is 5.95. The van der Waals surface area contributed by atoms with Crippen molar-refractivity contribution < 1.29 is 4.74 Å². The molecular weight excluding hydrogens is 278 g/mol. The molecule has 7 heteroatoms. The van der Waals surface area contributed by atoms with Crippen LogP contribution in [-0.2, 0) is 0 Å². The molecule has 1 aromatic carbocycles. The second-order valence-electron chi connectivity index (χ2n) is 4.21. The van der Waals surface area contributed by atoms with Gasteiger partial charge in [0.25, 0.3) is 0 Å². The third-order valence-electron chi connectivity index (χ3n) is 3.02. The third kappa shape index (κ3) is 2.14. The summed E-state index contributed by atoms with van der Waals surface area (Å²) >= 11 is 5.95. The van der Waals surface area contributed by atoms with Gasteiger partial charge in [-0.15, -0.1) is 0 Å². The molecule has 0 aliphatic heterocycles. The van der Waals surface area contributed by atoms with E-state index in [9.17, 15) is 0 Å². The van der Waals surface area contributed by atoms with Crippen molar-refractivity contribution in [1.29, 1.82) is 0 Å². The van der Waals surface area contributed by atoms with E-state index < -0.39 is 0 Å². The van der Waals surface area contributed by atoms with Crippen LogP contribution in [0.15, 0.2) is 30.5 Å². The molecule has 1 N–H and O–H groups in total. The Labute approximate surface area is 120 Å². The van der Waals surface area contributed by atoms with Crippen LogP contribution in [0, 0.1) is 0 Å². The van der Waals surface area contributed by atoms with Crippen LogP contribution in [0.3, 0.4) is 0 Å². The van der Waals surface area contributed by atoms with Gasteiger partial charge in [-0.1, -0.05) is 6.07 Å². The molecule has 3 aromatic rings. The lowest BCUT2D eigenvalue weighted by molar-refractivity contribution is 0.415. The van der Waals surface area contributed by atoms with Crippen molar-refractivity contribution in [2.75, 3.05) is 19.1 Å². The van der Waals surface area contributed by atoms with Crippen LogP contribution in [0.25, 0.3) is 11.0 Å². The second-order valence-corrected chi connectivity index (χ2v) is 4.55. The number of benzene rings is 1. The number of ether oxygens (including phenoxy) is 1. The molecule has 0 bridgehead atoms. The average molecular weight is 290 g/mol. The van der Waals surface area contributed by atoms with Gasteiger partial charge in [-0.25, -0.2) is 0 Å². The standard InChI is InChI=1S/C13H12ClN5O/c1-19(8-4-3-5-9(6-8)20-2)12-10-7-15-18-11(10)16-13(14)17-12/h3-7H,1-2H3,(H,15,16,17,18). The molecule has 20 heavy (non-hydrogen) atoms. The lowest BCUT2D eigenvalue weighted by Gasteiger charge is -2.19. The number of fused-ring (bicyclic) bond motifs is 1. The maximum Gasteiger partial charge on any atom is 0.226 e. The molecule has 0 aliphatic rings. The van der Waals surface area contributed by atoms with Gasteiger partial charge in [0.15, 0.2) is 5.65 Å². The zero-order valence-corrected chi connectivity index (χ0v) is 11.7. The number of halogens is 1. The van der Waals surface area contributed by atoms with Gasteiger partial charge in [0.05, 0.1) is 18.7 Å². The molecule has 6 nitrogen and oxygen atoms in total. The van der Waals surface area contributed by atoms with Crippen LogP contribution in [0.5, 0.6) is 5.75 Å². The molecule has 2 aromatic heterocycles. The summed E-state index contributed by atoms with van der Waals surface area (Å²) < 4.78 is 5.23. The Morgan fingerprint density at radius 3 is 2.95 bits per heavy atom. The Bertz CT molecular complexity index is 757. The van der Waals surface area contributed by atoms with Crippen LogP contribution in [0.2, 0.25) is 5.28 Å². The van der Waals surface area contributed by atoms with Crippen LogP contribution in [0.1, 0.15) is 0 Å². The van der Waals surface area contributed by atoms with Gasteiger partial charge in [-0.3, -0.25) is 5.10 Å². The predicted octanol–water partition coefficient (Wildman–Crippen LogP) is 2.78. The zero-order valence-electron chi connectivity index (χ0n) is 11.0. The minimum absolute atomic E-state index is 0.173. The Morgan fingerprint density at radius 2 is 2.15 bits per heavy atom. The number of anilines is 2. The summed E-state index contributed by atoms with van der Waals surface area (Å²) in [6.07, 6.45) is 1.68. The van der Waals surface area contributed by atoms with Crippen molar-refractivity contribution in [2.45, 2.75) is 0 Å². The third-order valence-corrected chi connectivity index (χ3v) is 3.19. The molecule has 0 atom stereocenters. The number of aromatic nitrogens is 4. The van der Waals surface area contributed by atoms with Crippen LogP contribution in [0.4, 0.5) is 11.5 Å². The van der Waals surface area contributed by atoms with Gasteiger partial charge in [0, 0.05) is 18.8 Å². The highest BCUT2D eigenvalue weighted by Crippen LogP contribution is 2.30. The van der Waals surface area contributed by atoms with Crippen molar-refractivity contribution >= 4 is 34.1 Å². The van der Waals surface area contributed by atoms with Crippen molar-refractivity contribution in [3.05, 3.63) is 35.7 Å². The van der Waals surface area contributed by atoms with Gasteiger partial charge in [-0.2, -0.15) is 15.1 Å². The molecule has 0 spiro atoms. The molecule has 0 amide bonds. The summed E-state index contributed by atoms with van der Waals surface area (Å²) in [6.45, 7) is 0. The van der Waals surface area contributed by atoms with Crippen molar-refractivity contribution in [3.8, 4) is 5.75 Å². The summed E-state index contributed by atoms with van der Waals surface area (Å²) in [5.41, 5.74) is 1.54. The smallest absolute Gasteiger partial charge is 0.226 e. The quantitative estimate of drug-likeness (QED) is 0.751. The largest absolute Gasteiger partial charge is 0.497 e. The van der Waals surface area contributed by atoms with E-state index in [4.69, 9.17) is 16.3 Å². The summed E-state index contributed by atoms with van der Waals surface area (Å²) in [5, 5.41) is 7.75. The Kier molecular flexibility index (Phi) is 3.15. The van der Waals surface area contributed by atoms with E-state index >= 15 is 0 Å². The molecule has 0 unspecified atom stereocenters. The number of hydrogen-bond acceptors (Lipinski definition) is 5. The van der Waals surface area contributed by atoms with E-state index in [0.717, 1.165) is 16.8 Å². The Morgan fingerprint density at radius 1 is 1.30 bits per heavy atom. The number of H-pyrrole nitrogens is 1. The SMILES string of the molecule is COc1cccc(N(C)c2nc(Cl)nc3[nH]ncc23)c1. The molecule has 0 saturated heterocycles. The zero-order chi connectivity index (χ0) is 14.1. The number of methoxy groups -OCH3 is 1. The van der Waals surface area contributed by atoms with Gasteiger partial charge in [0.2, 0.25) is 5.28 Å². The highest BCUT2D eigenvalue weighted by atomic mass is 35.5. The topological polar surface area (TPSA) is 66.9 Å². The first-order chi connectivity index (χ1) is 9.69. The first-order valence-corrected chi connectivity index (χ1v) is 6.31. The lowest BCUT2D eigenvalue weighted by Crippen LogP contribution is -2.12. The van der Waals surface area contributed by atoms with E-state index in [-0.39, 0.29) is 5.28 Å². The van der Waals surface area contributed by atoms with Crippen molar-refractivity contribution in [3.63, 3.8) is 0 Å². The van der Waals surface area contributed by atoms with Gasteiger partial charge < -0.3 is 9.64 Å². The first kappa shape index (κ1) is 12.7. The average Bonchev–Trinajstić information content (AvgIpc) is 2.93. The molecule has 102 valence electrons. The number of rotatable bonds is 3. The first-order valence-electron chi connectivity index (χ1n) is 5.93. The maximum absolute atomic E-state index is 5.95. The number of nitrogens with zero attached hydrogens (tertiary/aromatic N) is 4. The highest BCUT2D eigenvalue weighted by Gasteiger charge is 2.14. The monoisotopic (exact) mass is 289 g/mol. The van der Waals surface area contributed by atoms with Crippen LogP contribution < -0.4 is 9.64 Å². The van der Waals surface area contributed by atoms with E-state index in [0.29, 0.717) is 11.5 Å². The predicted molar refractivity (Wildman–Crippen MR) is 77.8 cm³/mol. The molecule has 0 saturated carbocycles. The minimum Gasteiger partial charge on any atom is -0.497 e. The van der Waals surface area contributed by atoms with Crippen molar-refractivity contribution in [2.24, 2.45) is 0 Å². The van der Waals surface area contributed by atoms with Crippen LogP contribution in [-0.4, -0.2) is 34.3 Å². The summed E-state index contributed by atoms with van der Waals surface area (Å²) in [7, 11) is 3.54.